The summed E-state index contributed by atoms with van der Waals surface area (Å²) in [6.07, 6.45) is 1.16. The molecule has 1 aliphatic rings. The van der Waals surface area contributed by atoms with E-state index in [0.717, 1.165) is 13.0 Å². The maximum Gasteiger partial charge on any atom is 0.0394 e. The molecule has 0 saturated carbocycles. The minimum atomic E-state index is 0.909. The lowest BCUT2D eigenvalue weighted by atomic mass is 10.3. The van der Waals surface area contributed by atoms with E-state index in [1.165, 1.54) is 32.7 Å². The lowest BCUT2D eigenvalue weighted by Gasteiger charge is -2.32. The quantitative estimate of drug-likeness (QED) is 0.446. The summed E-state index contributed by atoms with van der Waals surface area (Å²) in [6.45, 7) is 10.4. The number of hydrogen-bond acceptors (Lipinski definition) is 3. The maximum absolute atomic E-state index is 3.85. The Bertz CT molecular complexity index is 128. The van der Waals surface area contributed by atoms with Crippen molar-refractivity contribution in [3.63, 3.8) is 0 Å². The highest BCUT2D eigenvalue weighted by atomic mass is 15.2. The molecule has 1 aliphatic heterocycles. The van der Waals surface area contributed by atoms with Crippen molar-refractivity contribution in [2.24, 2.45) is 4.99 Å². The standard InChI is InChI=1S/C9H19N3/c1-10-4-3-5-12-8-6-11(2)7-9-12/h1,3-9H2,2H3. The molecule has 0 aliphatic carbocycles. The largest absolute Gasteiger partial charge is 0.304 e. The first-order chi connectivity index (χ1) is 5.83. The summed E-state index contributed by atoms with van der Waals surface area (Å²) in [5.74, 6) is 0. The molecule has 0 unspecified atom stereocenters. The number of rotatable bonds is 4. The molecule has 1 saturated heterocycles. The van der Waals surface area contributed by atoms with Crippen LogP contribution in [0.1, 0.15) is 6.42 Å². The second kappa shape index (κ2) is 5.27. The van der Waals surface area contributed by atoms with E-state index < -0.39 is 0 Å². The summed E-state index contributed by atoms with van der Waals surface area (Å²) in [5, 5.41) is 0. The minimum absolute atomic E-state index is 0.909. The molecule has 0 radical (unpaired) electrons. The second-order valence-electron chi connectivity index (χ2n) is 3.45. The zero-order chi connectivity index (χ0) is 8.81. The van der Waals surface area contributed by atoms with Crippen LogP contribution in [0.5, 0.6) is 0 Å². The Morgan fingerprint density at radius 3 is 2.50 bits per heavy atom. The van der Waals surface area contributed by atoms with Crippen LogP contribution in [0.3, 0.4) is 0 Å². The van der Waals surface area contributed by atoms with Gasteiger partial charge in [-0.3, -0.25) is 0 Å². The third kappa shape index (κ3) is 3.32. The van der Waals surface area contributed by atoms with Crippen molar-refractivity contribution in [1.82, 2.24) is 9.80 Å². The normalized spacial score (nSPS) is 21.1. The average molecular weight is 169 g/mol. The lowest BCUT2D eigenvalue weighted by Crippen LogP contribution is -2.44. The molecule has 0 spiro atoms. The van der Waals surface area contributed by atoms with Crippen LogP contribution in [-0.2, 0) is 0 Å². The second-order valence-corrected chi connectivity index (χ2v) is 3.45. The Balaban J connectivity index is 2.05. The molecule has 1 fully saturated rings. The highest BCUT2D eigenvalue weighted by molar-refractivity contribution is 5.22. The van der Waals surface area contributed by atoms with Gasteiger partial charge < -0.3 is 14.8 Å². The first-order valence-electron chi connectivity index (χ1n) is 4.66. The zero-order valence-corrected chi connectivity index (χ0v) is 8.00. The molecule has 3 heteroatoms. The Labute approximate surface area is 75.1 Å². The summed E-state index contributed by atoms with van der Waals surface area (Å²) in [7, 11) is 2.18. The predicted octanol–water partition coefficient (Wildman–Crippen LogP) is 0.325. The van der Waals surface area contributed by atoms with Crippen molar-refractivity contribution in [2.45, 2.75) is 6.42 Å². The van der Waals surface area contributed by atoms with Crippen LogP contribution in [0.4, 0.5) is 0 Å². The van der Waals surface area contributed by atoms with Gasteiger partial charge in [0.2, 0.25) is 0 Å². The van der Waals surface area contributed by atoms with Gasteiger partial charge in [0, 0.05) is 32.7 Å². The van der Waals surface area contributed by atoms with Crippen LogP contribution in [0.2, 0.25) is 0 Å². The van der Waals surface area contributed by atoms with Crippen molar-refractivity contribution in [3.05, 3.63) is 0 Å². The molecular formula is C9H19N3. The van der Waals surface area contributed by atoms with Gasteiger partial charge in [-0.25, -0.2) is 0 Å². The maximum atomic E-state index is 3.85. The molecule has 0 N–H and O–H groups in total. The SMILES string of the molecule is C=NCCCN1CCN(C)CC1. The molecule has 0 atom stereocenters. The van der Waals surface area contributed by atoms with Gasteiger partial charge in [0.05, 0.1) is 0 Å². The fourth-order valence-electron chi connectivity index (χ4n) is 1.48. The van der Waals surface area contributed by atoms with Gasteiger partial charge in [-0.15, -0.1) is 0 Å². The first kappa shape index (κ1) is 9.68. The van der Waals surface area contributed by atoms with Crippen molar-refractivity contribution in [3.8, 4) is 0 Å². The predicted molar refractivity (Wildman–Crippen MR) is 53.0 cm³/mol. The molecule has 1 rings (SSSR count). The van der Waals surface area contributed by atoms with Gasteiger partial charge in [-0.1, -0.05) is 0 Å². The number of aliphatic imine (C=N–C) groups is 1. The Hall–Kier alpha value is -0.410. The van der Waals surface area contributed by atoms with Crippen LogP contribution in [-0.4, -0.2) is 62.8 Å². The average Bonchev–Trinajstić information content (AvgIpc) is 2.09. The van der Waals surface area contributed by atoms with Crippen LogP contribution in [0, 0.1) is 0 Å². The molecule has 0 aromatic rings. The summed E-state index contributed by atoms with van der Waals surface area (Å²) >= 11 is 0. The van der Waals surface area contributed by atoms with Crippen LogP contribution in [0.15, 0.2) is 4.99 Å². The fraction of sp³-hybridized carbons (Fsp3) is 0.889. The van der Waals surface area contributed by atoms with E-state index in [9.17, 15) is 0 Å². The topological polar surface area (TPSA) is 18.8 Å². The van der Waals surface area contributed by atoms with Crippen molar-refractivity contribution >= 4 is 6.72 Å². The van der Waals surface area contributed by atoms with Gasteiger partial charge in [-0.2, -0.15) is 0 Å². The molecule has 0 amide bonds. The van der Waals surface area contributed by atoms with E-state index in [1.54, 1.807) is 0 Å². The molecular weight excluding hydrogens is 150 g/mol. The van der Waals surface area contributed by atoms with E-state index in [2.05, 4.69) is 28.6 Å². The van der Waals surface area contributed by atoms with Crippen molar-refractivity contribution in [1.29, 1.82) is 0 Å². The van der Waals surface area contributed by atoms with Crippen molar-refractivity contribution < 1.29 is 0 Å². The Morgan fingerprint density at radius 1 is 1.25 bits per heavy atom. The van der Waals surface area contributed by atoms with Crippen LogP contribution in [0.25, 0.3) is 0 Å². The van der Waals surface area contributed by atoms with E-state index in [1.807, 2.05) is 0 Å². The third-order valence-corrected chi connectivity index (χ3v) is 2.39. The third-order valence-electron chi connectivity index (χ3n) is 2.39. The molecule has 70 valence electrons. The first-order valence-corrected chi connectivity index (χ1v) is 4.66. The Morgan fingerprint density at radius 2 is 1.92 bits per heavy atom. The summed E-state index contributed by atoms with van der Waals surface area (Å²) in [4.78, 5) is 8.73. The van der Waals surface area contributed by atoms with Gasteiger partial charge in [-0.05, 0) is 26.7 Å². The van der Waals surface area contributed by atoms with Crippen molar-refractivity contribution in [2.75, 3.05) is 46.3 Å². The summed E-state index contributed by atoms with van der Waals surface area (Å²) in [6, 6.07) is 0. The summed E-state index contributed by atoms with van der Waals surface area (Å²) in [5.41, 5.74) is 0. The number of piperazine rings is 1. The number of hydrogen-bond donors (Lipinski definition) is 0. The van der Waals surface area contributed by atoms with Crippen LogP contribution >= 0.6 is 0 Å². The van der Waals surface area contributed by atoms with Gasteiger partial charge in [0.1, 0.15) is 0 Å². The Kier molecular flexibility index (Phi) is 4.25. The van der Waals surface area contributed by atoms with Gasteiger partial charge in [0.15, 0.2) is 0 Å². The van der Waals surface area contributed by atoms with E-state index >= 15 is 0 Å². The van der Waals surface area contributed by atoms with Gasteiger partial charge >= 0.3 is 0 Å². The molecule has 3 nitrogen and oxygen atoms in total. The highest BCUT2D eigenvalue weighted by Gasteiger charge is 2.12. The van der Waals surface area contributed by atoms with E-state index in [4.69, 9.17) is 0 Å². The van der Waals surface area contributed by atoms with Gasteiger partial charge in [0.25, 0.3) is 0 Å². The lowest BCUT2D eigenvalue weighted by molar-refractivity contribution is 0.153. The number of likely N-dealkylation sites (N-methyl/N-ethyl adjacent to an activating group) is 1. The molecule has 12 heavy (non-hydrogen) atoms. The van der Waals surface area contributed by atoms with E-state index in [-0.39, 0.29) is 0 Å². The molecule has 0 bridgehead atoms. The van der Waals surface area contributed by atoms with E-state index in [0.29, 0.717) is 0 Å². The van der Waals surface area contributed by atoms with Crippen LogP contribution < -0.4 is 0 Å². The molecule has 1 heterocycles. The smallest absolute Gasteiger partial charge is 0.0394 e. The minimum Gasteiger partial charge on any atom is -0.304 e. The zero-order valence-electron chi connectivity index (χ0n) is 8.00. The number of nitrogens with zero attached hydrogens (tertiary/aromatic N) is 3. The monoisotopic (exact) mass is 169 g/mol. The fourth-order valence-corrected chi connectivity index (χ4v) is 1.48. The highest BCUT2D eigenvalue weighted by Crippen LogP contribution is 1.99. The molecule has 0 aromatic carbocycles. The molecule has 0 aromatic heterocycles. The summed E-state index contributed by atoms with van der Waals surface area (Å²) < 4.78 is 0.